The zero-order valence-corrected chi connectivity index (χ0v) is 23.5. The summed E-state index contributed by atoms with van der Waals surface area (Å²) in [6.45, 7) is 3.82. The molecule has 2 fully saturated rings. The van der Waals surface area contributed by atoms with Crippen LogP contribution in [0.2, 0.25) is 0 Å². The Kier molecular flexibility index (Phi) is 13.5. The minimum atomic E-state index is -3.55. The third-order valence-electron chi connectivity index (χ3n) is 4.57. The first-order valence-electron chi connectivity index (χ1n) is 9.77. The van der Waals surface area contributed by atoms with Crippen LogP contribution in [0, 0.1) is 7.14 Å². The summed E-state index contributed by atoms with van der Waals surface area (Å²) in [4.78, 5) is 0.546. The van der Waals surface area contributed by atoms with Crippen LogP contribution in [0.4, 0.5) is 0 Å². The van der Waals surface area contributed by atoms with Gasteiger partial charge in [-0.05, 0) is 132 Å². The van der Waals surface area contributed by atoms with E-state index in [-0.39, 0.29) is 12.3 Å². The molecule has 11 heteroatoms. The Morgan fingerprint density at radius 1 is 0.719 bits per heavy atom. The summed E-state index contributed by atoms with van der Waals surface area (Å²) in [6.07, 6.45) is 4.73. The van der Waals surface area contributed by atoms with Crippen molar-refractivity contribution in [1.29, 1.82) is 0 Å². The number of nitrogens with zero attached hydrogens (tertiary/aromatic N) is 1. The van der Waals surface area contributed by atoms with E-state index in [2.05, 4.69) is 50.5 Å². The minimum absolute atomic E-state index is 0. The van der Waals surface area contributed by atoms with Gasteiger partial charge >= 0.3 is 0 Å². The van der Waals surface area contributed by atoms with Crippen LogP contribution in [0.15, 0.2) is 58.3 Å². The third-order valence-corrected chi connectivity index (χ3v) is 9.29. The van der Waals surface area contributed by atoms with Gasteiger partial charge in [-0.2, -0.15) is 4.31 Å². The quantitative estimate of drug-likeness (QED) is 0.343. The normalized spacial score (nSPS) is 16.2. The van der Waals surface area contributed by atoms with Gasteiger partial charge in [0.2, 0.25) is 10.0 Å². The summed E-state index contributed by atoms with van der Waals surface area (Å²) >= 11 is 4.25. The van der Waals surface area contributed by atoms with Crippen molar-refractivity contribution in [2.45, 2.75) is 42.9 Å². The predicted octanol–water partition coefficient (Wildman–Crippen LogP) is 5.30. The topological polar surface area (TPSA) is 83.5 Å². The van der Waals surface area contributed by atoms with Gasteiger partial charge in [-0.15, -0.1) is 0 Å². The first kappa shape index (κ1) is 30.0. The molecule has 0 unspecified atom stereocenters. The fourth-order valence-corrected chi connectivity index (χ4v) is 5.91. The molecular weight excluding hydrogens is 698 g/mol. The van der Waals surface area contributed by atoms with Crippen LogP contribution in [-0.2, 0) is 19.1 Å². The molecule has 0 aliphatic carbocycles. The number of nitrogens with one attached hydrogen (secondary N) is 1. The molecular formula is C21H29ClI2N2O4S2. The smallest absolute Gasteiger partial charge is 0.261 e. The Balaban J connectivity index is 0.000000264. The van der Waals surface area contributed by atoms with Crippen molar-refractivity contribution in [3.8, 4) is 0 Å². The standard InChI is InChI=1S/C10H12INO2S.C6H4ClIO2S.C4H9N.CH4/c11-9-3-5-10(6-4-9)15(13,14)12-7-1-2-8-12;7-11(9,10)6-3-1-5(8)2-4-6;1-2-4-5-3-1;/h3-6H,1-2,7-8H2;1-4H;5H,1-4H2;1H4. The van der Waals surface area contributed by atoms with Crippen molar-refractivity contribution in [3.05, 3.63) is 55.7 Å². The second kappa shape index (κ2) is 14.4. The maximum absolute atomic E-state index is 12.1. The van der Waals surface area contributed by atoms with Gasteiger partial charge in [-0.3, -0.25) is 0 Å². The Bertz CT molecular complexity index is 1010. The van der Waals surface area contributed by atoms with E-state index in [4.69, 9.17) is 10.7 Å². The Morgan fingerprint density at radius 2 is 1.12 bits per heavy atom. The average Bonchev–Trinajstić information content (AvgIpc) is 3.45. The van der Waals surface area contributed by atoms with E-state index in [1.807, 2.05) is 12.1 Å². The maximum Gasteiger partial charge on any atom is 0.261 e. The summed E-state index contributed by atoms with van der Waals surface area (Å²) in [5.74, 6) is 0. The van der Waals surface area contributed by atoms with Crippen LogP contribution in [-0.4, -0.2) is 47.3 Å². The van der Waals surface area contributed by atoms with Crippen LogP contribution < -0.4 is 5.32 Å². The molecule has 2 aliphatic rings. The molecule has 0 spiro atoms. The molecule has 2 saturated heterocycles. The van der Waals surface area contributed by atoms with Crippen molar-refractivity contribution in [1.82, 2.24) is 9.62 Å². The van der Waals surface area contributed by atoms with Gasteiger partial charge in [0.15, 0.2) is 0 Å². The maximum atomic E-state index is 12.1. The fraction of sp³-hybridized carbons (Fsp3) is 0.429. The number of halogens is 3. The van der Waals surface area contributed by atoms with Gasteiger partial charge in [0.25, 0.3) is 9.05 Å². The molecule has 2 heterocycles. The molecule has 0 saturated carbocycles. The lowest BCUT2D eigenvalue weighted by molar-refractivity contribution is 0.477. The molecule has 1 N–H and O–H groups in total. The summed E-state index contributed by atoms with van der Waals surface area (Å²) in [7, 11) is -1.70. The summed E-state index contributed by atoms with van der Waals surface area (Å²) in [5, 5.41) is 3.22. The molecule has 32 heavy (non-hydrogen) atoms. The SMILES string of the molecule is C.C1CCNC1.O=S(=O)(Cl)c1ccc(I)cc1.O=S(=O)(c1ccc(I)cc1)N1CCCC1. The van der Waals surface area contributed by atoms with E-state index in [0.29, 0.717) is 18.0 Å². The van der Waals surface area contributed by atoms with E-state index in [0.717, 1.165) is 20.0 Å². The average molecular weight is 727 g/mol. The van der Waals surface area contributed by atoms with Gasteiger partial charge in [-0.25, -0.2) is 16.8 Å². The molecule has 6 nitrogen and oxygen atoms in total. The zero-order valence-electron chi connectivity index (χ0n) is 16.8. The van der Waals surface area contributed by atoms with Crippen LogP contribution >= 0.6 is 55.9 Å². The zero-order chi connectivity index (χ0) is 22.9. The minimum Gasteiger partial charge on any atom is -0.317 e. The van der Waals surface area contributed by atoms with Gasteiger partial charge in [0.1, 0.15) is 0 Å². The lowest BCUT2D eigenvalue weighted by atomic mass is 10.4. The van der Waals surface area contributed by atoms with E-state index >= 15 is 0 Å². The monoisotopic (exact) mass is 726 g/mol. The highest BCUT2D eigenvalue weighted by molar-refractivity contribution is 14.1. The lowest BCUT2D eigenvalue weighted by Crippen LogP contribution is -2.27. The summed E-state index contributed by atoms with van der Waals surface area (Å²) in [6, 6.07) is 13.3. The molecule has 0 radical (unpaired) electrons. The molecule has 180 valence electrons. The summed E-state index contributed by atoms with van der Waals surface area (Å²) < 4.78 is 49.1. The number of sulfonamides is 1. The van der Waals surface area contributed by atoms with Crippen molar-refractivity contribution >= 4 is 74.9 Å². The highest BCUT2D eigenvalue weighted by Crippen LogP contribution is 2.21. The first-order chi connectivity index (χ1) is 14.6. The molecule has 0 bridgehead atoms. The van der Waals surface area contributed by atoms with Crippen LogP contribution in [0.3, 0.4) is 0 Å². The molecule has 0 aromatic heterocycles. The Morgan fingerprint density at radius 3 is 1.47 bits per heavy atom. The highest BCUT2D eigenvalue weighted by Gasteiger charge is 2.26. The molecule has 2 aromatic rings. The van der Waals surface area contributed by atoms with Crippen LogP contribution in [0.1, 0.15) is 33.1 Å². The first-order valence-corrected chi connectivity index (χ1v) is 15.7. The lowest BCUT2D eigenvalue weighted by Gasteiger charge is -2.15. The summed E-state index contributed by atoms with van der Waals surface area (Å²) in [5.41, 5.74) is 0. The van der Waals surface area contributed by atoms with Gasteiger partial charge in [0.05, 0.1) is 9.79 Å². The van der Waals surface area contributed by atoms with Crippen molar-refractivity contribution < 1.29 is 16.8 Å². The van der Waals surface area contributed by atoms with Gasteiger partial charge < -0.3 is 5.32 Å². The van der Waals surface area contributed by atoms with E-state index in [9.17, 15) is 16.8 Å². The molecule has 0 atom stereocenters. The fourth-order valence-electron chi connectivity index (χ4n) is 2.91. The highest BCUT2D eigenvalue weighted by atomic mass is 127. The van der Waals surface area contributed by atoms with Gasteiger partial charge in [-0.1, -0.05) is 7.43 Å². The number of hydrogen-bond donors (Lipinski definition) is 1. The predicted molar refractivity (Wildman–Crippen MR) is 148 cm³/mol. The van der Waals surface area contributed by atoms with E-state index < -0.39 is 19.1 Å². The van der Waals surface area contributed by atoms with Crippen molar-refractivity contribution in [2.24, 2.45) is 0 Å². The number of hydrogen-bond acceptors (Lipinski definition) is 5. The van der Waals surface area contributed by atoms with E-state index in [1.165, 1.54) is 38.1 Å². The molecule has 2 aliphatic heterocycles. The molecule has 2 aromatic carbocycles. The second-order valence-corrected chi connectivity index (χ2v) is 13.9. The molecule has 0 amide bonds. The third kappa shape index (κ3) is 10.1. The second-order valence-electron chi connectivity index (χ2n) is 6.91. The largest absolute Gasteiger partial charge is 0.317 e. The van der Waals surface area contributed by atoms with Crippen molar-refractivity contribution in [3.63, 3.8) is 0 Å². The van der Waals surface area contributed by atoms with E-state index in [1.54, 1.807) is 28.6 Å². The Hall–Kier alpha value is 0.01000. The Labute approximate surface area is 224 Å². The van der Waals surface area contributed by atoms with Crippen LogP contribution in [0.25, 0.3) is 0 Å². The van der Waals surface area contributed by atoms with Crippen molar-refractivity contribution in [2.75, 3.05) is 26.2 Å². The van der Waals surface area contributed by atoms with Gasteiger partial charge in [0, 0.05) is 30.9 Å². The number of rotatable bonds is 3. The van der Waals surface area contributed by atoms with Crippen LogP contribution in [0.5, 0.6) is 0 Å². The number of benzene rings is 2. The molecule has 4 rings (SSSR count).